The Morgan fingerprint density at radius 1 is 0.879 bits per heavy atom. The highest BCUT2D eigenvalue weighted by Gasteiger charge is 2.14. The number of fused-ring (bicyclic) bond motifs is 3. The second-order valence-electron chi connectivity index (χ2n) is 7.82. The van der Waals surface area contributed by atoms with Crippen molar-refractivity contribution in [3.63, 3.8) is 0 Å². The van der Waals surface area contributed by atoms with Gasteiger partial charge in [-0.15, -0.1) is 0 Å². The number of methoxy groups -OCH3 is 1. The highest BCUT2D eigenvalue weighted by Crippen LogP contribution is 2.36. The lowest BCUT2D eigenvalue weighted by molar-refractivity contribution is -0.116. The lowest BCUT2D eigenvalue weighted by Gasteiger charge is -2.15. The van der Waals surface area contributed by atoms with Crippen molar-refractivity contribution in [2.75, 3.05) is 29.6 Å². The van der Waals surface area contributed by atoms with Gasteiger partial charge in [-0.05, 0) is 43.2 Å². The van der Waals surface area contributed by atoms with Gasteiger partial charge in [0, 0.05) is 34.6 Å². The van der Waals surface area contributed by atoms with E-state index in [9.17, 15) is 9.59 Å². The number of hydrogen-bond acceptors (Lipinski definition) is 5. The molecule has 0 fully saturated rings. The first-order valence-electron chi connectivity index (χ1n) is 10.9. The van der Waals surface area contributed by atoms with Crippen molar-refractivity contribution >= 4 is 50.8 Å². The van der Waals surface area contributed by atoms with Crippen molar-refractivity contribution in [2.45, 2.75) is 26.7 Å². The Morgan fingerprint density at radius 2 is 1.64 bits per heavy atom. The molecule has 4 rings (SSSR count). The van der Waals surface area contributed by atoms with Crippen LogP contribution in [-0.4, -0.2) is 25.5 Å². The molecule has 0 radical (unpaired) electrons. The summed E-state index contributed by atoms with van der Waals surface area (Å²) in [7, 11) is 1.57. The molecule has 0 aliphatic carbocycles. The van der Waals surface area contributed by atoms with Gasteiger partial charge in [0.05, 0.1) is 19.3 Å². The molecule has 1 heterocycles. The van der Waals surface area contributed by atoms with E-state index < -0.39 is 0 Å². The van der Waals surface area contributed by atoms with E-state index in [4.69, 9.17) is 9.15 Å². The molecule has 0 atom stereocenters. The van der Waals surface area contributed by atoms with Gasteiger partial charge in [-0.2, -0.15) is 0 Å². The average molecular weight is 446 g/mol. The van der Waals surface area contributed by atoms with Crippen LogP contribution < -0.4 is 20.7 Å². The number of para-hydroxylation sites is 1. The first kappa shape index (κ1) is 22.2. The average Bonchev–Trinajstić information content (AvgIpc) is 3.16. The Hall–Kier alpha value is -4.00. The van der Waals surface area contributed by atoms with Crippen LogP contribution in [0.5, 0.6) is 5.75 Å². The van der Waals surface area contributed by atoms with E-state index in [0.29, 0.717) is 23.4 Å². The van der Waals surface area contributed by atoms with Gasteiger partial charge in [-0.3, -0.25) is 9.59 Å². The number of amides is 2. The topological polar surface area (TPSA) is 92.6 Å². The van der Waals surface area contributed by atoms with Crippen LogP contribution in [-0.2, 0) is 9.59 Å². The minimum absolute atomic E-state index is 0.0245. The smallest absolute Gasteiger partial charge is 0.243 e. The van der Waals surface area contributed by atoms with Crippen LogP contribution in [0.3, 0.4) is 0 Å². The van der Waals surface area contributed by atoms with Crippen LogP contribution in [0.2, 0.25) is 0 Å². The molecule has 0 saturated heterocycles. The van der Waals surface area contributed by atoms with Gasteiger partial charge in [-0.1, -0.05) is 31.2 Å². The molecule has 0 unspecified atom stereocenters. The Labute approximate surface area is 192 Å². The number of anilines is 3. The van der Waals surface area contributed by atoms with E-state index in [1.807, 2.05) is 62.4 Å². The van der Waals surface area contributed by atoms with Crippen LogP contribution in [0.4, 0.5) is 17.1 Å². The number of carbonyl (C=O) groups excluding carboxylic acids is 2. The lowest BCUT2D eigenvalue weighted by atomic mass is 10.1. The zero-order chi connectivity index (χ0) is 23.4. The van der Waals surface area contributed by atoms with Gasteiger partial charge in [0.1, 0.15) is 16.9 Å². The zero-order valence-electron chi connectivity index (χ0n) is 19.0. The van der Waals surface area contributed by atoms with Crippen LogP contribution in [0.1, 0.15) is 25.3 Å². The van der Waals surface area contributed by atoms with E-state index in [1.54, 1.807) is 13.2 Å². The molecule has 0 aliphatic rings. The fourth-order valence-corrected chi connectivity index (χ4v) is 3.79. The van der Waals surface area contributed by atoms with E-state index in [-0.39, 0.29) is 18.4 Å². The summed E-state index contributed by atoms with van der Waals surface area (Å²) < 4.78 is 11.4. The summed E-state index contributed by atoms with van der Waals surface area (Å²) in [6, 6.07) is 17.0. The molecule has 1 aromatic heterocycles. The maximum atomic E-state index is 12.7. The summed E-state index contributed by atoms with van der Waals surface area (Å²) in [5.41, 5.74) is 4.37. The fraction of sp³-hybridized carbons (Fsp3) is 0.231. The monoisotopic (exact) mass is 445 g/mol. The molecular formula is C26H27N3O4. The quantitative estimate of drug-likeness (QED) is 0.324. The van der Waals surface area contributed by atoms with Crippen molar-refractivity contribution < 1.29 is 18.7 Å². The highest BCUT2D eigenvalue weighted by molar-refractivity contribution is 6.08. The van der Waals surface area contributed by atoms with Crippen LogP contribution in [0, 0.1) is 6.92 Å². The maximum absolute atomic E-state index is 12.7. The first-order valence-corrected chi connectivity index (χ1v) is 10.9. The second-order valence-corrected chi connectivity index (χ2v) is 7.82. The third-order valence-corrected chi connectivity index (χ3v) is 5.50. The van der Waals surface area contributed by atoms with Crippen molar-refractivity contribution in [3.8, 4) is 5.75 Å². The highest BCUT2D eigenvalue weighted by atomic mass is 16.5. The molecular weight excluding hydrogens is 418 g/mol. The molecule has 2 amide bonds. The number of ether oxygens (including phenoxy) is 1. The molecule has 0 bridgehead atoms. The Bertz CT molecular complexity index is 1330. The Balaban J connectivity index is 1.48. The van der Waals surface area contributed by atoms with E-state index in [2.05, 4.69) is 16.0 Å². The Morgan fingerprint density at radius 3 is 2.42 bits per heavy atom. The largest absolute Gasteiger partial charge is 0.495 e. The molecule has 0 spiro atoms. The summed E-state index contributed by atoms with van der Waals surface area (Å²) in [6.45, 7) is 3.92. The van der Waals surface area contributed by atoms with Crippen LogP contribution in [0.25, 0.3) is 21.9 Å². The third-order valence-electron chi connectivity index (χ3n) is 5.50. The molecule has 7 nitrogen and oxygen atoms in total. The van der Waals surface area contributed by atoms with Gasteiger partial charge in [-0.25, -0.2) is 0 Å². The molecule has 4 aromatic rings. The van der Waals surface area contributed by atoms with E-state index in [1.165, 1.54) is 0 Å². The van der Waals surface area contributed by atoms with Gasteiger partial charge in [0.25, 0.3) is 0 Å². The number of furan rings is 1. The van der Waals surface area contributed by atoms with Gasteiger partial charge >= 0.3 is 0 Å². The fourth-order valence-electron chi connectivity index (χ4n) is 3.79. The normalized spacial score (nSPS) is 10.9. The third kappa shape index (κ3) is 4.77. The SMILES string of the molecule is CCCC(=O)Nc1cccc(NCC(=O)Nc2cc3oc4ccccc4c3cc2OC)c1C. The minimum atomic E-state index is -0.233. The zero-order valence-corrected chi connectivity index (χ0v) is 19.0. The second kappa shape index (κ2) is 9.65. The minimum Gasteiger partial charge on any atom is -0.495 e. The number of hydrogen-bond donors (Lipinski definition) is 3. The van der Waals surface area contributed by atoms with E-state index >= 15 is 0 Å². The standard InChI is InChI=1S/C26H27N3O4/c1-4-8-25(30)28-20-11-7-10-19(16(20)2)27-15-26(31)29-21-14-23-18(13-24(21)32-3)17-9-5-6-12-22(17)33-23/h5-7,9-14,27H,4,8,15H2,1-3H3,(H,28,30)(H,29,31). The molecule has 7 heteroatoms. The molecule has 3 N–H and O–H groups in total. The predicted octanol–water partition coefficient (Wildman–Crippen LogP) is 5.69. The van der Waals surface area contributed by atoms with Crippen molar-refractivity contribution in [1.82, 2.24) is 0 Å². The summed E-state index contributed by atoms with van der Waals surface area (Å²) in [5, 5.41) is 10.9. The van der Waals surface area contributed by atoms with Gasteiger partial charge in [0.2, 0.25) is 11.8 Å². The molecule has 0 aliphatic heterocycles. The summed E-state index contributed by atoms with van der Waals surface area (Å²) in [6.07, 6.45) is 1.25. The van der Waals surface area contributed by atoms with Crippen molar-refractivity contribution in [1.29, 1.82) is 0 Å². The number of carbonyl (C=O) groups is 2. The van der Waals surface area contributed by atoms with Crippen molar-refractivity contribution in [2.24, 2.45) is 0 Å². The predicted molar refractivity (Wildman–Crippen MR) is 132 cm³/mol. The molecule has 3 aromatic carbocycles. The molecule has 33 heavy (non-hydrogen) atoms. The van der Waals surface area contributed by atoms with Crippen LogP contribution >= 0.6 is 0 Å². The first-order chi connectivity index (χ1) is 16.0. The lowest BCUT2D eigenvalue weighted by Crippen LogP contribution is -2.22. The summed E-state index contributed by atoms with van der Waals surface area (Å²) in [5.74, 6) is 0.298. The summed E-state index contributed by atoms with van der Waals surface area (Å²) >= 11 is 0. The number of rotatable bonds is 8. The van der Waals surface area contributed by atoms with Crippen molar-refractivity contribution in [3.05, 3.63) is 60.2 Å². The maximum Gasteiger partial charge on any atom is 0.243 e. The van der Waals surface area contributed by atoms with Gasteiger partial charge in [0.15, 0.2) is 0 Å². The number of nitrogens with one attached hydrogen (secondary N) is 3. The Kier molecular flexibility index (Phi) is 6.49. The molecule has 0 saturated carbocycles. The van der Waals surface area contributed by atoms with Crippen LogP contribution in [0.15, 0.2) is 59.0 Å². The number of benzene rings is 3. The van der Waals surface area contributed by atoms with Gasteiger partial charge < -0.3 is 25.1 Å². The van der Waals surface area contributed by atoms with E-state index in [0.717, 1.165) is 39.7 Å². The summed E-state index contributed by atoms with van der Waals surface area (Å²) in [4.78, 5) is 24.6. The molecule has 170 valence electrons.